The Balaban J connectivity index is 1.29. The zero-order chi connectivity index (χ0) is 26.4. The lowest BCUT2D eigenvalue weighted by atomic mass is 9.98. The first kappa shape index (κ1) is 25.5. The molecule has 0 radical (unpaired) electrons. The van der Waals surface area contributed by atoms with E-state index >= 15 is 0 Å². The Morgan fingerprint density at radius 1 is 1.00 bits per heavy atom. The maximum absolute atomic E-state index is 13.4. The minimum absolute atomic E-state index is 0.202. The Morgan fingerprint density at radius 3 is 2.30 bits per heavy atom. The highest BCUT2D eigenvalue weighted by Gasteiger charge is 2.52. The van der Waals surface area contributed by atoms with Crippen molar-refractivity contribution >= 4 is 17.7 Å². The molecule has 1 spiro atoms. The molecule has 6 heteroatoms. The van der Waals surface area contributed by atoms with E-state index in [0.29, 0.717) is 18.2 Å². The van der Waals surface area contributed by atoms with Gasteiger partial charge in [-0.2, -0.15) is 0 Å². The smallest absolute Gasteiger partial charge is 0.350 e. The number of rotatable bonds is 7. The lowest BCUT2D eigenvalue weighted by Crippen LogP contribution is -2.43. The fraction of sp³-hybridized carbons (Fsp3) is 0.516. The molecule has 5 rings (SSSR count). The number of carbonyl (C=O) groups excluding carboxylic acids is 2. The minimum Gasteiger partial charge on any atom is -0.476 e. The van der Waals surface area contributed by atoms with Gasteiger partial charge >= 0.3 is 5.97 Å². The van der Waals surface area contributed by atoms with E-state index in [2.05, 4.69) is 24.3 Å². The molecule has 0 bridgehead atoms. The van der Waals surface area contributed by atoms with Crippen molar-refractivity contribution in [2.45, 2.75) is 96.4 Å². The van der Waals surface area contributed by atoms with Gasteiger partial charge in [0.15, 0.2) is 5.60 Å². The molecule has 37 heavy (non-hydrogen) atoms. The zero-order valence-electron chi connectivity index (χ0n) is 22.7. The van der Waals surface area contributed by atoms with Crippen molar-refractivity contribution in [1.82, 2.24) is 4.90 Å². The molecule has 2 aromatic rings. The molecule has 2 aromatic carbocycles. The second-order valence-corrected chi connectivity index (χ2v) is 12.2. The first-order valence-electron chi connectivity index (χ1n) is 13.5. The normalized spacial score (nSPS) is 19.3. The molecular formula is C31H38N2O4. The molecule has 0 aromatic heterocycles. The van der Waals surface area contributed by atoms with Crippen molar-refractivity contribution < 1.29 is 19.1 Å². The summed E-state index contributed by atoms with van der Waals surface area (Å²) in [5.41, 5.74) is 0.955. The Labute approximate surface area is 220 Å². The van der Waals surface area contributed by atoms with Gasteiger partial charge in [-0.25, -0.2) is 4.79 Å². The second kappa shape index (κ2) is 9.30. The van der Waals surface area contributed by atoms with Gasteiger partial charge in [-0.15, -0.1) is 0 Å². The van der Waals surface area contributed by atoms with Crippen LogP contribution in [0.4, 0.5) is 0 Å². The van der Waals surface area contributed by atoms with E-state index in [9.17, 15) is 9.59 Å². The van der Waals surface area contributed by atoms with E-state index in [4.69, 9.17) is 14.5 Å². The number of aliphatic imine (C=N–C) groups is 1. The topological polar surface area (TPSA) is 68.2 Å². The standard InChI is InChI=1S/C31H38N2O4/c1-29(2,3)37-28(35)30(4,5)36-25-10-8-9-24(19-25)22-13-11-21(12-14-22)20-33-26(23-15-16-23)32-31(27(33)34)17-6-7-18-31/h8-14,19,23H,6-7,15-18,20H2,1-5H3. The quantitative estimate of drug-likeness (QED) is 0.416. The number of nitrogens with zero attached hydrogens (tertiary/aromatic N) is 2. The molecule has 2 saturated carbocycles. The Morgan fingerprint density at radius 2 is 1.68 bits per heavy atom. The molecule has 2 aliphatic carbocycles. The van der Waals surface area contributed by atoms with Crippen LogP contribution < -0.4 is 4.74 Å². The highest BCUT2D eigenvalue weighted by molar-refractivity contribution is 6.09. The number of hydrogen-bond acceptors (Lipinski definition) is 5. The lowest BCUT2D eigenvalue weighted by Gasteiger charge is -2.29. The van der Waals surface area contributed by atoms with Crippen LogP contribution in [0.25, 0.3) is 11.1 Å². The van der Waals surface area contributed by atoms with E-state index in [0.717, 1.165) is 61.1 Å². The van der Waals surface area contributed by atoms with E-state index in [-0.39, 0.29) is 5.91 Å². The third kappa shape index (κ3) is 5.43. The van der Waals surface area contributed by atoms with E-state index in [1.807, 2.05) is 49.9 Å². The average molecular weight is 503 g/mol. The van der Waals surface area contributed by atoms with Crippen molar-refractivity contribution in [2.75, 3.05) is 0 Å². The fourth-order valence-electron chi connectivity index (χ4n) is 5.24. The SMILES string of the molecule is CC(C)(C)OC(=O)C(C)(C)Oc1cccc(-c2ccc(CN3C(=O)C4(CCCC4)N=C3C3CC3)cc2)c1. The Bertz CT molecular complexity index is 1210. The van der Waals surface area contributed by atoms with Crippen LogP contribution in [0.3, 0.4) is 0 Å². The molecule has 0 saturated heterocycles. The summed E-state index contributed by atoms with van der Waals surface area (Å²) < 4.78 is 11.6. The summed E-state index contributed by atoms with van der Waals surface area (Å²) in [5.74, 6) is 1.88. The van der Waals surface area contributed by atoms with Crippen LogP contribution in [0.5, 0.6) is 5.75 Å². The van der Waals surface area contributed by atoms with Gasteiger partial charge in [0.25, 0.3) is 5.91 Å². The first-order chi connectivity index (χ1) is 17.5. The van der Waals surface area contributed by atoms with Gasteiger partial charge in [0.05, 0.1) is 6.54 Å². The molecule has 196 valence electrons. The summed E-state index contributed by atoms with van der Waals surface area (Å²) in [6.07, 6.45) is 6.24. The van der Waals surface area contributed by atoms with Gasteiger partial charge in [-0.3, -0.25) is 14.7 Å². The number of esters is 1. The summed E-state index contributed by atoms with van der Waals surface area (Å²) in [5, 5.41) is 0. The molecule has 3 aliphatic rings. The number of ether oxygens (including phenoxy) is 2. The van der Waals surface area contributed by atoms with Crippen molar-refractivity contribution in [1.29, 1.82) is 0 Å². The molecule has 0 atom stereocenters. The predicted octanol–water partition coefficient (Wildman–Crippen LogP) is 6.32. The summed E-state index contributed by atoms with van der Waals surface area (Å²) >= 11 is 0. The van der Waals surface area contributed by atoms with E-state index in [1.54, 1.807) is 13.8 Å². The third-order valence-electron chi connectivity index (χ3n) is 7.35. The van der Waals surface area contributed by atoms with Crippen LogP contribution in [0.2, 0.25) is 0 Å². The summed E-state index contributed by atoms with van der Waals surface area (Å²) in [4.78, 5) is 33.0. The van der Waals surface area contributed by atoms with Crippen LogP contribution >= 0.6 is 0 Å². The summed E-state index contributed by atoms with van der Waals surface area (Å²) in [6, 6.07) is 16.1. The molecule has 6 nitrogen and oxygen atoms in total. The molecule has 0 N–H and O–H groups in total. The molecule has 2 fully saturated rings. The van der Waals surface area contributed by atoms with Crippen LogP contribution in [0.1, 0.15) is 78.7 Å². The minimum atomic E-state index is -1.12. The summed E-state index contributed by atoms with van der Waals surface area (Å²) in [6.45, 7) is 9.54. The Hall–Kier alpha value is -3.15. The van der Waals surface area contributed by atoms with E-state index < -0.39 is 22.7 Å². The highest BCUT2D eigenvalue weighted by atomic mass is 16.6. The lowest BCUT2D eigenvalue weighted by molar-refractivity contribution is -0.170. The van der Waals surface area contributed by atoms with Crippen LogP contribution in [0.15, 0.2) is 53.5 Å². The molecule has 1 aliphatic heterocycles. The molecule has 1 amide bonds. The number of amidine groups is 1. The summed E-state index contributed by atoms with van der Waals surface area (Å²) in [7, 11) is 0. The van der Waals surface area contributed by atoms with Gasteiger partial charge in [0.2, 0.25) is 0 Å². The van der Waals surface area contributed by atoms with Crippen molar-refractivity contribution in [3.05, 3.63) is 54.1 Å². The second-order valence-electron chi connectivity index (χ2n) is 12.2. The van der Waals surface area contributed by atoms with Gasteiger partial charge < -0.3 is 9.47 Å². The number of carbonyl (C=O) groups is 2. The van der Waals surface area contributed by atoms with Crippen LogP contribution in [-0.4, -0.2) is 39.4 Å². The van der Waals surface area contributed by atoms with Crippen LogP contribution in [0, 0.1) is 5.92 Å². The van der Waals surface area contributed by atoms with Crippen molar-refractivity contribution in [2.24, 2.45) is 10.9 Å². The van der Waals surface area contributed by atoms with Crippen molar-refractivity contribution in [3.8, 4) is 16.9 Å². The number of benzene rings is 2. The van der Waals surface area contributed by atoms with Gasteiger partial charge in [-0.05, 0) is 89.1 Å². The van der Waals surface area contributed by atoms with Gasteiger partial charge in [0, 0.05) is 5.92 Å². The monoisotopic (exact) mass is 502 g/mol. The number of amides is 1. The number of hydrogen-bond donors (Lipinski definition) is 0. The highest BCUT2D eigenvalue weighted by Crippen LogP contribution is 2.44. The maximum atomic E-state index is 13.4. The predicted molar refractivity (Wildman–Crippen MR) is 144 cm³/mol. The van der Waals surface area contributed by atoms with E-state index in [1.165, 1.54) is 0 Å². The first-order valence-corrected chi connectivity index (χ1v) is 13.5. The molecule has 1 heterocycles. The maximum Gasteiger partial charge on any atom is 0.350 e. The van der Waals surface area contributed by atoms with Crippen LogP contribution in [-0.2, 0) is 20.9 Å². The Kier molecular flexibility index (Phi) is 6.41. The van der Waals surface area contributed by atoms with Gasteiger partial charge in [0.1, 0.15) is 22.7 Å². The fourth-order valence-corrected chi connectivity index (χ4v) is 5.24. The van der Waals surface area contributed by atoms with Crippen molar-refractivity contribution in [3.63, 3.8) is 0 Å². The largest absolute Gasteiger partial charge is 0.476 e. The molecule has 0 unspecified atom stereocenters. The van der Waals surface area contributed by atoms with Gasteiger partial charge in [-0.1, -0.05) is 49.2 Å². The molecular weight excluding hydrogens is 464 g/mol. The average Bonchev–Trinajstić information content (AvgIpc) is 3.51. The zero-order valence-corrected chi connectivity index (χ0v) is 22.7. The third-order valence-corrected chi connectivity index (χ3v) is 7.35.